The van der Waals surface area contributed by atoms with Crippen LogP contribution in [0.15, 0.2) is 18.2 Å². The van der Waals surface area contributed by atoms with Crippen LogP contribution in [0, 0.1) is 6.92 Å². The minimum absolute atomic E-state index is 0.360. The van der Waals surface area contributed by atoms with Gasteiger partial charge in [0.2, 0.25) is 0 Å². The molecule has 0 aromatic heterocycles. The number of nitrogens with zero attached hydrogens (tertiary/aromatic N) is 1. The third kappa shape index (κ3) is 2.54. The predicted molar refractivity (Wildman–Crippen MR) is 65.6 cm³/mol. The fraction of sp³-hybridized carbons (Fsp3) is 0.538. The Balaban J connectivity index is 2.04. The van der Waals surface area contributed by atoms with Gasteiger partial charge in [0.1, 0.15) is 5.75 Å². The first-order chi connectivity index (χ1) is 7.69. The van der Waals surface area contributed by atoms with Gasteiger partial charge >= 0.3 is 0 Å². The van der Waals surface area contributed by atoms with Crippen LogP contribution in [0.5, 0.6) is 5.75 Å². The number of hydrogen-bond acceptors (Lipinski definition) is 3. The third-order valence-electron chi connectivity index (χ3n) is 3.25. The third-order valence-corrected chi connectivity index (χ3v) is 3.25. The summed E-state index contributed by atoms with van der Waals surface area (Å²) in [7, 11) is 1.70. The molecule has 0 bridgehead atoms. The van der Waals surface area contributed by atoms with Gasteiger partial charge in [-0.1, -0.05) is 6.07 Å². The van der Waals surface area contributed by atoms with Crippen molar-refractivity contribution in [1.29, 1.82) is 0 Å². The van der Waals surface area contributed by atoms with Crippen molar-refractivity contribution in [3.8, 4) is 5.75 Å². The number of benzene rings is 1. The summed E-state index contributed by atoms with van der Waals surface area (Å²) in [6, 6.07) is 6.63. The average Bonchev–Trinajstić information content (AvgIpc) is 2.67. The maximum Gasteiger partial charge on any atom is 0.119 e. The van der Waals surface area contributed by atoms with Crippen LogP contribution in [0.4, 0.5) is 0 Å². The lowest BCUT2D eigenvalue weighted by Crippen LogP contribution is -2.26. The molecule has 16 heavy (non-hydrogen) atoms. The highest BCUT2D eigenvalue weighted by Crippen LogP contribution is 2.19. The fourth-order valence-corrected chi connectivity index (χ4v) is 2.22. The fourth-order valence-electron chi connectivity index (χ4n) is 2.22. The van der Waals surface area contributed by atoms with Gasteiger partial charge in [-0.05, 0) is 36.6 Å². The van der Waals surface area contributed by atoms with Crippen LogP contribution < -0.4 is 10.5 Å². The number of methoxy groups -OCH3 is 1. The van der Waals surface area contributed by atoms with E-state index in [0.29, 0.717) is 6.04 Å². The summed E-state index contributed by atoms with van der Waals surface area (Å²) in [5, 5.41) is 0. The smallest absolute Gasteiger partial charge is 0.119 e. The summed E-state index contributed by atoms with van der Waals surface area (Å²) in [6.07, 6.45) is 1.12. The Hall–Kier alpha value is -1.06. The van der Waals surface area contributed by atoms with E-state index in [-0.39, 0.29) is 0 Å². The first-order valence-electron chi connectivity index (χ1n) is 5.80. The van der Waals surface area contributed by atoms with E-state index in [1.807, 2.05) is 6.07 Å². The minimum atomic E-state index is 0.360. The second-order valence-corrected chi connectivity index (χ2v) is 4.58. The highest BCUT2D eigenvalue weighted by molar-refractivity contribution is 5.34. The first kappa shape index (κ1) is 11.4. The molecule has 1 aromatic rings. The standard InChI is InChI=1S/C13H20N2O/c1-10-7-13(16-2)4-3-11(10)8-15-6-5-12(14)9-15/h3-4,7,12H,5-6,8-9,14H2,1-2H3/t12-/m1/s1. The largest absolute Gasteiger partial charge is 0.497 e. The number of ether oxygens (including phenoxy) is 1. The lowest BCUT2D eigenvalue weighted by molar-refractivity contribution is 0.326. The molecule has 0 amide bonds. The van der Waals surface area contributed by atoms with Gasteiger partial charge in [0.05, 0.1) is 7.11 Å². The molecular formula is C13H20N2O. The summed E-state index contributed by atoms with van der Waals surface area (Å²) < 4.78 is 5.20. The van der Waals surface area contributed by atoms with Crippen molar-refractivity contribution < 1.29 is 4.74 Å². The highest BCUT2D eigenvalue weighted by atomic mass is 16.5. The summed E-state index contributed by atoms with van der Waals surface area (Å²) in [6.45, 7) is 5.27. The van der Waals surface area contributed by atoms with Gasteiger partial charge in [-0.25, -0.2) is 0 Å². The summed E-state index contributed by atoms with van der Waals surface area (Å²) in [4.78, 5) is 2.42. The van der Waals surface area contributed by atoms with Crippen LogP contribution in [0.25, 0.3) is 0 Å². The van der Waals surface area contributed by atoms with Crippen LogP contribution >= 0.6 is 0 Å². The lowest BCUT2D eigenvalue weighted by atomic mass is 10.1. The van der Waals surface area contributed by atoms with E-state index >= 15 is 0 Å². The van der Waals surface area contributed by atoms with Crippen LogP contribution in [0.1, 0.15) is 17.5 Å². The van der Waals surface area contributed by atoms with Gasteiger partial charge in [0.15, 0.2) is 0 Å². The SMILES string of the molecule is COc1ccc(CN2CC[C@@H](N)C2)c(C)c1. The first-order valence-corrected chi connectivity index (χ1v) is 5.80. The van der Waals surface area contributed by atoms with E-state index in [9.17, 15) is 0 Å². The number of likely N-dealkylation sites (tertiary alicyclic amines) is 1. The quantitative estimate of drug-likeness (QED) is 0.839. The van der Waals surface area contributed by atoms with Crippen molar-refractivity contribution >= 4 is 0 Å². The molecule has 2 rings (SSSR count). The zero-order valence-corrected chi connectivity index (χ0v) is 10.1. The molecule has 1 aromatic carbocycles. The van der Waals surface area contributed by atoms with Crippen molar-refractivity contribution in [3.05, 3.63) is 29.3 Å². The Bertz CT molecular complexity index is 365. The van der Waals surface area contributed by atoms with Crippen molar-refractivity contribution in [2.24, 2.45) is 5.73 Å². The summed E-state index contributed by atoms with van der Waals surface area (Å²) in [5.74, 6) is 0.930. The molecule has 2 N–H and O–H groups in total. The molecule has 0 saturated carbocycles. The van der Waals surface area contributed by atoms with Gasteiger partial charge in [-0.15, -0.1) is 0 Å². The number of nitrogens with two attached hydrogens (primary N) is 1. The molecule has 1 saturated heterocycles. The van der Waals surface area contributed by atoms with Gasteiger partial charge in [0, 0.05) is 25.7 Å². The second-order valence-electron chi connectivity index (χ2n) is 4.58. The predicted octanol–water partition coefficient (Wildman–Crippen LogP) is 1.54. The Labute approximate surface area is 97.2 Å². The van der Waals surface area contributed by atoms with Gasteiger partial charge in [-0.3, -0.25) is 4.90 Å². The van der Waals surface area contributed by atoms with E-state index in [1.54, 1.807) is 7.11 Å². The van der Waals surface area contributed by atoms with E-state index in [4.69, 9.17) is 10.5 Å². The van der Waals surface area contributed by atoms with E-state index in [1.165, 1.54) is 11.1 Å². The number of hydrogen-bond donors (Lipinski definition) is 1. The normalized spacial score (nSPS) is 21.3. The van der Waals surface area contributed by atoms with Crippen molar-refractivity contribution in [2.45, 2.75) is 25.9 Å². The summed E-state index contributed by atoms with van der Waals surface area (Å²) >= 11 is 0. The molecule has 1 atom stereocenters. The Kier molecular flexibility index (Phi) is 3.46. The van der Waals surface area contributed by atoms with Gasteiger partial charge < -0.3 is 10.5 Å². The molecule has 3 nitrogen and oxygen atoms in total. The maximum atomic E-state index is 5.90. The van der Waals surface area contributed by atoms with E-state index in [2.05, 4.69) is 24.0 Å². The van der Waals surface area contributed by atoms with Crippen molar-refractivity contribution in [3.63, 3.8) is 0 Å². The molecule has 1 aliphatic rings. The minimum Gasteiger partial charge on any atom is -0.497 e. The van der Waals surface area contributed by atoms with Crippen molar-refractivity contribution in [2.75, 3.05) is 20.2 Å². The molecule has 1 fully saturated rings. The zero-order chi connectivity index (χ0) is 11.5. The molecule has 88 valence electrons. The molecule has 0 spiro atoms. The molecule has 1 aliphatic heterocycles. The molecular weight excluding hydrogens is 200 g/mol. The zero-order valence-electron chi connectivity index (χ0n) is 10.1. The molecule has 0 unspecified atom stereocenters. The summed E-state index contributed by atoms with van der Waals surface area (Å²) in [5.41, 5.74) is 8.56. The topological polar surface area (TPSA) is 38.5 Å². The van der Waals surface area contributed by atoms with Gasteiger partial charge in [-0.2, -0.15) is 0 Å². The van der Waals surface area contributed by atoms with Crippen LogP contribution in [-0.2, 0) is 6.54 Å². The van der Waals surface area contributed by atoms with Gasteiger partial charge in [0.25, 0.3) is 0 Å². The Morgan fingerprint density at radius 1 is 1.50 bits per heavy atom. The molecule has 0 aliphatic carbocycles. The number of aryl methyl sites for hydroxylation is 1. The Morgan fingerprint density at radius 2 is 2.31 bits per heavy atom. The molecule has 0 radical (unpaired) electrons. The number of rotatable bonds is 3. The lowest BCUT2D eigenvalue weighted by Gasteiger charge is -2.17. The van der Waals surface area contributed by atoms with Crippen LogP contribution in [0.2, 0.25) is 0 Å². The second kappa shape index (κ2) is 4.85. The van der Waals surface area contributed by atoms with Crippen LogP contribution in [0.3, 0.4) is 0 Å². The monoisotopic (exact) mass is 220 g/mol. The maximum absolute atomic E-state index is 5.90. The highest BCUT2D eigenvalue weighted by Gasteiger charge is 2.19. The van der Waals surface area contributed by atoms with E-state index < -0.39 is 0 Å². The molecule has 1 heterocycles. The Morgan fingerprint density at radius 3 is 2.88 bits per heavy atom. The van der Waals surface area contributed by atoms with Crippen LogP contribution in [-0.4, -0.2) is 31.1 Å². The average molecular weight is 220 g/mol. The van der Waals surface area contributed by atoms with E-state index in [0.717, 1.165) is 31.8 Å². The van der Waals surface area contributed by atoms with Crippen molar-refractivity contribution in [1.82, 2.24) is 4.90 Å². The molecule has 3 heteroatoms.